The van der Waals surface area contributed by atoms with Crippen LogP contribution in [0.25, 0.3) is 0 Å². The van der Waals surface area contributed by atoms with Gasteiger partial charge in [0.1, 0.15) is 0 Å². The molecule has 112 valence electrons. The van der Waals surface area contributed by atoms with E-state index in [1.165, 1.54) is 0 Å². The van der Waals surface area contributed by atoms with Crippen molar-refractivity contribution in [3.05, 3.63) is 47.3 Å². The van der Waals surface area contributed by atoms with E-state index < -0.39 is 0 Å². The zero-order chi connectivity index (χ0) is 15.2. The molecule has 0 amide bonds. The lowest BCUT2D eigenvalue weighted by atomic mass is 10.1. The molecular weight excluding hydrogens is 264 g/mol. The first-order chi connectivity index (χ1) is 10.2. The van der Waals surface area contributed by atoms with Crippen molar-refractivity contribution in [2.45, 2.75) is 27.3 Å². The van der Waals surface area contributed by atoms with Gasteiger partial charge in [-0.3, -0.25) is 4.98 Å². The number of hydrogen-bond acceptors (Lipinski definition) is 4. The minimum absolute atomic E-state index is 0.619. The summed E-state index contributed by atoms with van der Waals surface area (Å²) in [6, 6.07) is 9.99. The van der Waals surface area contributed by atoms with Gasteiger partial charge in [0.05, 0.1) is 25.1 Å². The first-order valence-corrected chi connectivity index (χ1v) is 7.12. The standard InChI is InChI=1S/C17H22N2O2/c1-5-21-16-8-6-7-14(17(16)20-4)11-18-15-10-9-12(2)19-13(15)3/h6-10,18H,5,11H2,1-4H3. The SMILES string of the molecule is CCOc1cccc(CNc2ccc(C)nc2C)c1OC. The topological polar surface area (TPSA) is 43.4 Å². The lowest BCUT2D eigenvalue weighted by Gasteiger charge is -2.15. The highest BCUT2D eigenvalue weighted by atomic mass is 16.5. The summed E-state index contributed by atoms with van der Waals surface area (Å²) in [5, 5.41) is 3.40. The van der Waals surface area contributed by atoms with E-state index in [2.05, 4.69) is 16.4 Å². The Kier molecular flexibility index (Phi) is 5.04. The number of nitrogens with one attached hydrogen (secondary N) is 1. The molecule has 0 saturated carbocycles. The molecule has 2 rings (SSSR count). The number of rotatable bonds is 6. The Morgan fingerprint density at radius 3 is 2.62 bits per heavy atom. The Morgan fingerprint density at radius 2 is 1.95 bits per heavy atom. The molecule has 0 unspecified atom stereocenters. The van der Waals surface area contributed by atoms with E-state index in [9.17, 15) is 0 Å². The van der Waals surface area contributed by atoms with Crippen molar-refractivity contribution < 1.29 is 9.47 Å². The normalized spacial score (nSPS) is 10.3. The average Bonchev–Trinajstić information content (AvgIpc) is 2.47. The Bertz CT molecular complexity index is 612. The third-order valence-corrected chi connectivity index (χ3v) is 3.26. The second-order valence-corrected chi connectivity index (χ2v) is 4.82. The number of methoxy groups -OCH3 is 1. The molecule has 1 N–H and O–H groups in total. The van der Waals surface area contributed by atoms with Crippen molar-refractivity contribution in [2.24, 2.45) is 0 Å². The summed E-state index contributed by atoms with van der Waals surface area (Å²) >= 11 is 0. The van der Waals surface area contributed by atoms with Crippen molar-refractivity contribution in [3.63, 3.8) is 0 Å². The van der Waals surface area contributed by atoms with Crippen LogP contribution < -0.4 is 14.8 Å². The minimum atomic E-state index is 0.619. The quantitative estimate of drug-likeness (QED) is 0.879. The van der Waals surface area contributed by atoms with Crippen LogP contribution in [0.3, 0.4) is 0 Å². The van der Waals surface area contributed by atoms with E-state index in [-0.39, 0.29) is 0 Å². The molecule has 0 spiro atoms. The van der Waals surface area contributed by atoms with Gasteiger partial charge in [0.2, 0.25) is 0 Å². The fourth-order valence-corrected chi connectivity index (χ4v) is 2.27. The van der Waals surface area contributed by atoms with Gasteiger partial charge in [0.15, 0.2) is 11.5 Å². The number of hydrogen-bond donors (Lipinski definition) is 1. The van der Waals surface area contributed by atoms with E-state index in [0.717, 1.165) is 34.1 Å². The van der Waals surface area contributed by atoms with E-state index in [4.69, 9.17) is 9.47 Å². The first-order valence-electron chi connectivity index (χ1n) is 7.12. The fourth-order valence-electron chi connectivity index (χ4n) is 2.27. The summed E-state index contributed by atoms with van der Waals surface area (Å²) in [7, 11) is 1.67. The maximum Gasteiger partial charge on any atom is 0.165 e. The largest absolute Gasteiger partial charge is 0.493 e. The van der Waals surface area contributed by atoms with Gasteiger partial charge in [-0.2, -0.15) is 0 Å². The summed E-state index contributed by atoms with van der Waals surface area (Å²) in [4.78, 5) is 4.46. The smallest absolute Gasteiger partial charge is 0.165 e. The molecule has 4 heteroatoms. The van der Waals surface area contributed by atoms with Crippen LogP contribution in [0, 0.1) is 13.8 Å². The summed E-state index contributed by atoms with van der Waals surface area (Å²) in [5.41, 5.74) is 4.11. The molecule has 0 aliphatic rings. The number of ether oxygens (including phenoxy) is 2. The molecule has 1 aromatic carbocycles. The zero-order valence-corrected chi connectivity index (χ0v) is 13.1. The van der Waals surface area contributed by atoms with Crippen LogP contribution in [0.15, 0.2) is 30.3 Å². The van der Waals surface area contributed by atoms with Gasteiger partial charge >= 0.3 is 0 Å². The fraction of sp³-hybridized carbons (Fsp3) is 0.353. The van der Waals surface area contributed by atoms with Crippen LogP contribution in [0.5, 0.6) is 11.5 Å². The third kappa shape index (κ3) is 3.66. The lowest BCUT2D eigenvalue weighted by Crippen LogP contribution is -2.05. The van der Waals surface area contributed by atoms with Gasteiger partial charge in [-0.1, -0.05) is 12.1 Å². The molecule has 21 heavy (non-hydrogen) atoms. The van der Waals surface area contributed by atoms with E-state index in [1.54, 1.807) is 7.11 Å². The average molecular weight is 286 g/mol. The van der Waals surface area contributed by atoms with Crippen molar-refractivity contribution in [1.29, 1.82) is 0 Å². The van der Waals surface area contributed by atoms with E-state index >= 15 is 0 Å². The molecule has 0 bridgehead atoms. The molecule has 1 heterocycles. The Hall–Kier alpha value is -2.23. The van der Waals surface area contributed by atoms with Gasteiger partial charge in [-0.25, -0.2) is 0 Å². The highest BCUT2D eigenvalue weighted by molar-refractivity contribution is 5.51. The van der Waals surface area contributed by atoms with Crippen LogP contribution in [-0.4, -0.2) is 18.7 Å². The van der Waals surface area contributed by atoms with Gasteiger partial charge in [0, 0.05) is 17.8 Å². The molecule has 1 aromatic heterocycles. The van der Waals surface area contributed by atoms with Crippen LogP contribution in [0.2, 0.25) is 0 Å². The molecule has 0 fully saturated rings. The van der Waals surface area contributed by atoms with Crippen LogP contribution in [0.1, 0.15) is 23.9 Å². The molecule has 0 saturated heterocycles. The maximum absolute atomic E-state index is 5.59. The maximum atomic E-state index is 5.59. The number of nitrogens with zero attached hydrogens (tertiary/aromatic N) is 1. The van der Waals surface area contributed by atoms with Gasteiger partial charge in [0.25, 0.3) is 0 Å². The minimum Gasteiger partial charge on any atom is -0.493 e. The number of anilines is 1. The lowest BCUT2D eigenvalue weighted by molar-refractivity contribution is 0.309. The van der Waals surface area contributed by atoms with Crippen LogP contribution in [0.4, 0.5) is 5.69 Å². The molecule has 0 aliphatic heterocycles. The molecule has 0 radical (unpaired) electrons. The predicted octanol–water partition coefficient (Wildman–Crippen LogP) is 3.72. The van der Waals surface area contributed by atoms with Crippen molar-refractivity contribution >= 4 is 5.69 Å². The second-order valence-electron chi connectivity index (χ2n) is 4.82. The number of aryl methyl sites for hydroxylation is 2. The van der Waals surface area contributed by atoms with Crippen molar-refractivity contribution in [1.82, 2.24) is 4.98 Å². The predicted molar refractivity (Wildman–Crippen MR) is 85.2 cm³/mol. The highest BCUT2D eigenvalue weighted by Crippen LogP contribution is 2.31. The number of para-hydroxylation sites is 1. The monoisotopic (exact) mass is 286 g/mol. The Balaban J connectivity index is 2.17. The van der Waals surface area contributed by atoms with E-state index in [1.807, 2.05) is 45.0 Å². The third-order valence-electron chi connectivity index (χ3n) is 3.26. The number of pyridine rings is 1. The van der Waals surface area contributed by atoms with Gasteiger partial charge < -0.3 is 14.8 Å². The van der Waals surface area contributed by atoms with Crippen LogP contribution >= 0.6 is 0 Å². The van der Waals surface area contributed by atoms with Crippen LogP contribution in [-0.2, 0) is 6.54 Å². The molecule has 4 nitrogen and oxygen atoms in total. The molecule has 2 aromatic rings. The van der Waals surface area contributed by atoms with Crippen molar-refractivity contribution in [2.75, 3.05) is 19.0 Å². The number of aromatic nitrogens is 1. The zero-order valence-electron chi connectivity index (χ0n) is 13.1. The summed E-state index contributed by atoms with van der Waals surface area (Å²) < 4.78 is 11.1. The summed E-state index contributed by atoms with van der Waals surface area (Å²) in [6.07, 6.45) is 0. The molecular formula is C17H22N2O2. The summed E-state index contributed by atoms with van der Waals surface area (Å²) in [5.74, 6) is 1.56. The second kappa shape index (κ2) is 6.97. The number of benzene rings is 1. The molecule has 0 atom stereocenters. The van der Waals surface area contributed by atoms with Gasteiger partial charge in [-0.15, -0.1) is 0 Å². The Morgan fingerprint density at radius 1 is 1.14 bits per heavy atom. The highest BCUT2D eigenvalue weighted by Gasteiger charge is 2.10. The summed E-state index contributed by atoms with van der Waals surface area (Å²) in [6.45, 7) is 7.24. The van der Waals surface area contributed by atoms with Crippen molar-refractivity contribution in [3.8, 4) is 11.5 Å². The molecule has 0 aliphatic carbocycles. The van der Waals surface area contributed by atoms with Gasteiger partial charge in [-0.05, 0) is 39.0 Å². The Labute approximate surface area is 126 Å². The van der Waals surface area contributed by atoms with E-state index in [0.29, 0.717) is 13.2 Å². The first kappa shape index (κ1) is 15.2.